The average Bonchev–Trinajstić information content (AvgIpc) is 3.22. The maximum atomic E-state index is 12.0. The van der Waals surface area contributed by atoms with Gasteiger partial charge in [0.2, 0.25) is 5.16 Å². The molecule has 0 N–H and O–H groups in total. The summed E-state index contributed by atoms with van der Waals surface area (Å²) in [6, 6.07) is 2.12. The van der Waals surface area contributed by atoms with E-state index in [1.165, 1.54) is 18.7 Å². The van der Waals surface area contributed by atoms with Crippen LogP contribution in [0.2, 0.25) is 0 Å². The highest BCUT2D eigenvalue weighted by Gasteiger charge is 2.29. The van der Waals surface area contributed by atoms with Gasteiger partial charge in [0.25, 0.3) is 5.56 Å². The van der Waals surface area contributed by atoms with Crippen LogP contribution < -0.4 is 11.2 Å². The molecule has 0 amide bonds. The zero-order chi connectivity index (χ0) is 15.1. The highest BCUT2D eigenvalue weighted by atomic mass is 32.2. The van der Waals surface area contributed by atoms with Gasteiger partial charge in [0.1, 0.15) is 16.7 Å². The smallest absolute Gasteiger partial charge is 0.289 e. The van der Waals surface area contributed by atoms with E-state index in [9.17, 15) is 14.9 Å². The van der Waals surface area contributed by atoms with Crippen molar-refractivity contribution in [3.63, 3.8) is 0 Å². The highest BCUT2D eigenvalue weighted by Crippen LogP contribution is 2.37. The van der Waals surface area contributed by atoms with Crippen molar-refractivity contribution in [2.24, 2.45) is 14.1 Å². The first-order chi connectivity index (χ1) is 10.0. The van der Waals surface area contributed by atoms with Gasteiger partial charge >= 0.3 is 5.69 Å². The molecule has 0 aromatic carbocycles. The summed E-state index contributed by atoms with van der Waals surface area (Å²) in [6.07, 6.45) is 2.00. The predicted octanol–water partition coefficient (Wildman–Crippen LogP) is -0.572. The fourth-order valence-corrected chi connectivity index (χ4v) is 2.91. The van der Waals surface area contributed by atoms with Gasteiger partial charge < -0.3 is 0 Å². The number of tetrazole rings is 1. The van der Waals surface area contributed by atoms with Crippen LogP contribution in [-0.2, 0) is 14.1 Å². The lowest BCUT2D eigenvalue weighted by atomic mass is 10.3. The minimum Gasteiger partial charge on any atom is -0.289 e. The van der Waals surface area contributed by atoms with E-state index < -0.39 is 11.2 Å². The van der Waals surface area contributed by atoms with Crippen LogP contribution in [0.25, 0.3) is 0 Å². The molecule has 1 saturated carbocycles. The topological polar surface area (TPSA) is 111 Å². The monoisotopic (exact) mass is 305 g/mol. The molecule has 2 aromatic heterocycles. The van der Waals surface area contributed by atoms with E-state index in [0.29, 0.717) is 5.16 Å². The number of hydrogen-bond donors (Lipinski definition) is 0. The van der Waals surface area contributed by atoms with Crippen LogP contribution in [0.1, 0.15) is 24.4 Å². The third-order valence-electron chi connectivity index (χ3n) is 3.27. The molecule has 108 valence electrons. The molecule has 0 spiro atoms. The summed E-state index contributed by atoms with van der Waals surface area (Å²) < 4.78 is 3.83. The van der Waals surface area contributed by atoms with E-state index in [1.807, 2.05) is 6.07 Å². The number of nitrogens with zero attached hydrogens (tertiary/aromatic N) is 7. The molecule has 0 aliphatic heterocycles. The van der Waals surface area contributed by atoms with Gasteiger partial charge in [-0.1, -0.05) is 0 Å². The fraction of sp³-hybridized carbons (Fsp3) is 0.455. The lowest BCUT2D eigenvalue weighted by molar-refractivity contribution is 0.563. The minimum atomic E-state index is -0.617. The molecular formula is C11H11N7O2S. The molecule has 1 aliphatic carbocycles. The van der Waals surface area contributed by atoms with E-state index in [2.05, 4.69) is 15.5 Å². The highest BCUT2D eigenvalue weighted by molar-refractivity contribution is 7.99. The normalized spacial score (nSPS) is 14.1. The van der Waals surface area contributed by atoms with Crippen molar-refractivity contribution in [1.29, 1.82) is 5.26 Å². The van der Waals surface area contributed by atoms with Gasteiger partial charge in [-0.05, 0) is 35.0 Å². The molecule has 9 nitrogen and oxygen atoms in total. The third kappa shape index (κ3) is 2.15. The number of aromatic nitrogens is 6. The lowest BCUT2D eigenvalue weighted by Crippen LogP contribution is -2.39. The Bertz CT molecular complexity index is 868. The first-order valence-corrected chi connectivity index (χ1v) is 7.02. The van der Waals surface area contributed by atoms with Crippen LogP contribution in [0.15, 0.2) is 19.8 Å². The molecule has 2 aromatic rings. The Morgan fingerprint density at radius 3 is 2.62 bits per heavy atom. The molecule has 0 atom stereocenters. The number of nitriles is 1. The Morgan fingerprint density at radius 2 is 2.00 bits per heavy atom. The van der Waals surface area contributed by atoms with E-state index >= 15 is 0 Å². The van der Waals surface area contributed by atoms with Crippen molar-refractivity contribution in [3.05, 3.63) is 26.4 Å². The van der Waals surface area contributed by atoms with E-state index in [4.69, 9.17) is 0 Å². The molecule has 0 radical (unpaired) electrons. The summed E-state index contributed by atoms with van der Waals surface area (Å²) in [6.45, 7) is 0. The van der Waals surface area contributed by atoms with E-state index in [1.54, 1.807) is 4.68 Å². The Balaban J connectivity index is 2.14. The second kappa shape index (κ2) is 4.85. The van der Waals surface area contributed by atoms with Crippen molar-refractivity contribution in [2.75, 3.05) is 0 Å². The van der Waals surface area contributed by atoms with Crippen LogP contribution in [0.5, 0.6) is 0 Å². The van der Waals surface area contributed by atoms with Gasteiger partial charge in [-0.15, -0.1) is 5.10 Å². The Hall–Kier alpha value is -2.41. The van der Waals surface area contributed by atoms with Gasteiger partial charge in [-0.2, -0.15) is 5.26 Å². The summed E-state index contributed by atoms with van der Waals surface area (Å²) in [5.74, 6) is 0. The van der Waals surface area contributed by atoms with Crippen molar-refractivity contribution < 1.29 is 0 Å². The molecule has 0 saturated heterocycles. The first kappa shape index (κ1) is 13.6. The van der Waals surface area contributed by atoms with Crippen molar-refractivity contribution in [2.45, 2.75) is 29.1 Å². The van der Waals surface area contributed by atoms with Gasteiger partial charge in [0.15, 0.2) is 0 Å². The largest absolute Gasteiger partial charge is 0.331 e. The Labute approximate surface area is 122 Å². The van der Waals surface area contributed by atoms with Gasteiger partial charge in [-0.25, -0.2) is 9.48 Å². The zero-order valence-corrected chi connectivity index (χ0v) is 12.2. The summed E-state index contributed by atoms with van der Waals surface area (Å²) in [5, 5.41) is 21.4. The fourth-order valence-electron chi connectivity index (χ4n) is 1.93. The first-order valence-electron chi connectivity index (χ1n) is 6.20. The van der Waals surface area contributed by atoms with Crippen LogP contribution >= 0.6 is 11.8 Å². The van der Waals surface area contributed by atoms with Crippen molar-refractivity contribution in [1.82, 2.24) is 29.3 Å². The Kier molecular flexibility index (Phi) is 3.13. The number of hydrogen-bond acceptors (Lipinski definition) is 7. The second-order valence-electron chi connectivity index (χ2n) is 4.74. The Morgan fingerprint density at radius 1 is 1.29 bits per heavy atom. The SMILES string of the molecule is Cn1c(Sc2nnnn2C2CC2)c(C#N)c(=O)n(C)c1=O. The third-order valence-corrected chi connectivity index (χ3v) is 4.39. The zero-order valence-electron chi connectivity index (χ0n) is 11.3. The number of rotatable bonds is 3. The van der Waals surface area contributed by atoms with Crippen LogP contribution in [0, 0.1) is 11.3 Å². The maximum Gasteiger partial charge on any atom is 0.331 e. The van der Waals surface area contributed by atoms with E-state index in [-0.39, 0.29) is 16.6 Å². The van der Waals surface area contributed by atoms with E-state index in [0.717, 1.165) is 29.2 Å². The lowest BCUT2D eigenvalue weighted by Gasteiger charge is -2.10. The van der Waals surface area contributed by atoms with Gasteiger partial charge in [0.05, 0.1) is 6.04 Å². The average molecular weight is 305 g/mol. The van der Waals surface area contributed by atoms with Crippen molar-refractivity contribution in [3.8, 4) is 6.07 Å². The van der Waals surface area contributed by atoms with Gasteiger partial charge in [0, 0.05) is 14.1 Å². The van der Waals surface area contributed by atoms with Crippen LogP contribution in [-0.4, -0.2) is 29.3 Å². The molecule has 2 heterocycles. The standard InChI is InChI=1S/C11H11N7O2S/c1-16-8(19)7(5-12)9(17(2)11(16)20)21-10-13-14-15-18(10)6-3-4-6/h6H,3-4H2,1-2H3. The summed E-state index contributed by atoms with van der Waals surface area (Å²) in [4.78, 5) is 24.0. The van der Waals surface area contributed by atoms with Crippen molar-refractivity contribution >= 4 is 11.8 Å². The summed E-state index contributed by atoms with van der Waals surface area (Å²) in [7, 11) is 2.85. The van der Waals surface area contributed by atoms with Crippen LogP contribution in [0.4, 0.5) is 0 Å². The molecule has 3 rings (SSSR count). The molecular weight excluding hydrogens is 294 g/mol. The predicted molar refractivity (Wildman–Crippen MR) is 71.9 cm³/mol. The molecule has 21 heavy (non-hydrogen) atoms. The van der Waals surface area contributed by atoms with Crippen LogP contribution in [0.3, 0.4) is 0 Å². The molecule has 0 unspecified atom stereocenters. The summed E-state index contributed by atoms with van der Waals surface area (Å²) >= 11 is 1.06. The second-order valence-corrected chi connectivity index (χ2v) is 5.69. The maximum absolute atomic E-state index is 12.0. The molecule has 10 heteroatoms. The quantitative estimate of drug-likeness (QED) is 0.698. The molecule has 1 aliphatic rings. The molecule has 1 fully saturated rings. The molecule has 0 bridgehead atoms. The summed E-state index contributed by atoms with van der Waals surface area (Å²) in [5.41, 5.74) is -1.20. The minimum absolute atomic E-state index is 0.0880. The van der Waals surface area contributed by atoms with Gasteiger partial charge in [-0.3, -0.25) is 13.9 Å².